The molecular weight excluding hydrogens is 322 g/mol. The number of hydrogen-bond acceptors (Lipinski definition) is 6. The summed E-state index contributed by atoms with van der Waals surface area (Å²) in [5, 5.41) is 5.42. The summed E-state index contributed by atoms with van der Waals surface area (Å²) in [5.74, 6) is 0.682. The molecule has 2 amide bonds. The third kappa shape index (κ3) is 5.00. The van der Waals surface area contributed by atoms with Crippen LogP contribution in [0.15, 0.2) is 48.8 Å². The number of pyridine rings is 1. The van der Waals surface area contributed by atoms with Gasteiger partial charge in [0.25, 0.3) is 5.91 Å². The SMILES string of the molecule is O=C(CNC(=O)c1ccc(Oc2cccnc2)cc1)NC1CNNC1. The van der Waals surface area contributed by atoms with Crippen molar-refractivity contribution in [3.8, 4) is 11.5 Å². The molecule has 1 aliphatic heterocycles. The minimum atomic E-state index is -0.314. The standard InChI is InChI=1S/C17H19N5O3/c23-16(22-13-8-20-21-9-13)11-19-17(24)12-3-5-14(6-4-12)25-15-2-1-7-18-10-15/h1-7,10,13,20-21H,8-9,11H2,(H,19,24)(H,22,23). The molecule has 0 aliphatic carbocycles. The Balaban J connectivity index is 1.47. The van der Waals surface area contributed by atoms with E-state index in [4.69, 9.17) is 4.74 Å². The number of amides is 2. The van der Waals surface area contributed by atoms with E-state index in [-0.39, 0.29) is 24.4 Å². The average Bonchev–Trinajstić information content (AvgIpc) is 3.14. The Bertz CT molecular complexity index is 715. The van der Waals surface area contributed by atoms with Crippen LogP contribution in [-0.4, -0.2) is 42.5 Å². The number of hydrazine groups is 1. The summed E-state index contributed by atoms with van der Waals surface area (Å²) in [7, 11) is 0. The quantitative estimate of drug-likeness (QED) is 0.598. The van der Waals surface area contributed by atoms with Crippen LogP contribution in [0.2, 0.25) is 0 Å². The minimum Gasteiger partial charge on any atom is -0.456 e. The molecular formula is C17H19N5O3. The maximum Gasteiger partial charge on any atom is 0.251 e. The van der Waals surface area contributed by atoms with E-state index in [2.05, 4.69) is 26.5 Å². The van der Waals surface area contributed by atoms with Crippen molar-refractivity contribution in [2.24, 2.45) is 0 Å². The van der Waals surface area contributed by atoms with E-state index in [0.29, 0.717) is 30.2 Å². The zero-order valence-electron chi connectivity index (χ0n) is 13.5. The number of hydrogen-bond donors (Lipinski definition) is 4. The van der Waals surface area contributed by atoms with Crippen molar-refractivity contribution in [2.75, 3.05) is 19.6 Å². The van der Waals surface area contributed by atoms with Gasteiger partial charge in [-0.25, -0.2) is 0 Å². The lowest BCUT2D eigenvalue weighted by Crippen LogP contribution is -2.44. The molecule has 0 atom stereocenters. The van der Waals surface area contributed by atoms with Gasteiger partial charge in [0.2, 0.25) is 5.91 Å². The Kier molecular flexibility index (Phi) is 5.55. The van der Waals surface area contributed by atoms with Gasteiger partial charge in [-0.05, 0) is 36.4 Å². The molecule has 0 unspecified atom stereocenters. The molecule has 0 spiro atoms. The van der Waals surface area contributed by atoms with Crippen molar-refractivity contribution < 1.29 is 14.3 Å². The van der Waals surface area contributed by atoms with E-state index in [9.17, 15) is 9.59 Å². The molecule has 0 bridgehead atoms. The molecule has 0 saturated carbocycles. The smallest absolute Gasteiger partial charge is 0.251 e. The predicted molar refractivity (Wildman–Crippen MR) is 91.0 cm³/mol. The zero-order chi connectivity index (χ0) is 17.5. The molecule has 3 rings (SSSR count). The molecule has 1 saturated heterocycles. The van der Waals surface area contributed by atoms with Crippen molar-refractivity contribution in [2.45, 2.75) is 6.04 Å². The molecule has 2 heterocycles. The molecule has 8 heteroatoms. The summed E-state index contributed by atoms with van der Waals surface area (Å²) in [4.78, 5) is 27.8. The van der Waals surface area contributed by atoms with Gasteiger partial charge in [0, 0.05) is 24.8 Å². The van der Waals surface area contributed by atoms with E-state index in [1.807, 2.05) is 0 Å². The minimum absolute atomic E-state index is 0.0355. The highest BCUT2D eigenvalue weighted by molar-refractivity contribution is 5.96. The molecule has 130 valence electrons. The fourth-order valence-corrected chi connectivity index (χ4v) is 2.32. The lowest BCUT2D eigenvalue weighted by Gasteiger charge is -2.11. The lowest BCUT2D eigenvalue weighted by molar-refractivity contribution is -0.120. The van der Waals surface area contributed by atoms with Gasteiger partial charge in [-0.1, -0.05) is 0 Å². The van der Waals surface area contributed by atoms with Gasteiger partial charge >= 0.3 is 0 Å². The van der Waals surface area contributed by atoms with Crippen LogP contribution in [0.3, 0.4) is 0 Å². The van der Waals surface area contributed by atoms with Gasteiger partial charge in [-0.15, -0.1) is 0 Å². The molecule has 1 aromatic heterocycles. The van der Waals surface area contributed by atoms with E-state index in [0.717, 1.165) is 0 Å². The Morgan fingerprint density at radius 2 is 1.88 bits per heavy atom. The monoisotopic (exact) mass is 341 g/mol. The lowest BCUT2D eigenvalue weighted by atomic mass is 10.2. The summed E-state index contributed by atoms with van der Waals surface area (Å²) >= 11 is 0. The van der Waals surface area contributed by atoms with Crippen LogP contribution >= 0.6 is 0 Å². The Hall–Kier alpha value is -2.97. The van der Waals surface area contributed by atoms with Crippen LogP contribution in [0.1, 0.15) is 10.4 Å². The summed E-state index contributed by atoms with van der Waals surface area (Å²) < 4.78 is 5.62. The first-order valence-electron chi connectivity index (χ1n) is 7.92. The maximum absolute atomic E-state index is 12.1. The van der Waals surface area contributed by atoms with Crippen molar-refractivity contribution in [3.05, 3.63) is 54.4 Å². The Morgan fingerprint density at radius 3 is 2.56 bits per heavy atom. The van der Waals surface area contributed by atoms with Crippen molar-refractivity contribution in [1.82, 2.24) is 26.5 Å². The van der Waals surface area contributed by atoms with Gasteiger partial charge < -0.3 is 15.4 Å². The van der Waals surface area contributed by atoms with Crippen molar-refractivity contribution >= 4 is 11.8 Å². The highest BCUT2D eigenvalue weighted by Crippen LogP contribution is 2.20. The largest absolute Gasteiger partial charge is 0.456 e. The Morgan fingerprint density at radius 1 is 1.12 bits per heavy atom. The normalized spacial score (nSPS) is 14.1. The highest BCUT2D eigenvalue weighted by Gasteiger charge is 2.16. The molecule has 25 heavy (non-hydrogen) atoms. The van der Waals surface area contributed by atoms with E-state index < -0.39 is 0 Å². The molecule has 1 aromatic carbocycles. The second kappa shape index (κ2) is 8.22. The van der Waals surface area contributed by atoms with Gasteiger partial charge in [-0.2, -0.15) is 0 Å². The van der Waals surface area contributed by atoms with Crippen LogP contribution in [0.5, 0.6) is 11.5 Å². The van der Waals surface area contributed by atoms with E-state index in [1.54, 1.807) is 48.8 Å². The number of carbonyl (C=O) groups excluding carboxylic acids is 2. The first kappa shape index (κ1) is 16.9. The average molecular weight is 341 g/mol. The van der Waals surface area contributed by atoms with E-state index >= 15 is 0 Å². The zero-order valence-corrected chi connectivity index (χ0v) is 13.5. The van der Waals surface area contributed by atoms with Crippen molar-refractivity contribution in [1.29, 1.82) is 0 Å². The van der Waals surface area contributed by atoms with Gasteiger partial charge in [0.05, 0.1) is 18.8 Å². The van der Waals surface area contributed by atoms with Crippen LogP contribution in [0.4, 0.5) is 0 Å². The molecule has 1 fully saturated rings. The number of rotatable bonds is 6. The molecule has 2 aromatic rings. The first-order valence-corrected chi connectivity index (χ1v) is 7.92. The predicted octanol–water partition coefficient (Wildman–Crippen LogP) is 0.196. The number of carbonyl (C=O) groups is 2. The molecule has 0 radical (unpaired) electrons. The van der Waals surface area contributed by atoms with Crippen LogP contribution in [0.25, 0.3) is 0 Å². The number of nitrogens with one attached hydrogen (secondary N) is 4. The third-order valence-electron chi connectivity index (χ3n) is 3.58. The number of aromatic nitrogens is 1. The molecule has 1 aliphatic rings. The number of benzene rings is 1. The summed E-state index contributed by atoms with van der Waals surface area (Å²) in [6.45, 7) is 1.26. The Labute approximate surface area is 144 Å². The topological polar surface area (TPSA) is 104 Å². The van der Waals surface area contributed by atoms with Crippen molar-refractivity contribution in [3.63, 3.8) is 0 Å². The highest BCUT2D eigenvalue weighted by atomic mass is 16.5. The maximum atomic E-state index is 12.1. The second-order valence-corrected chi connectivity index (χ2v) is 5.52. The number of ether oxygens (including phenoxy) is 1. The summed E-state index contributed by atoms with van der Waals surface area (Å²) in [6.07, 6.45) is 3.27. The number of nitrogens with zero attached hydrogens (tertiary/aromatic N) is 1. The second-order valence-electron chi connectivity index (χ2n) is 5.52. The fraction of sp³-hybridized carbons (Fsp3) is 0.235. The van der Waals surface area contributed by atoms with Gasteiger partial charge in [0.1, 0.15) is 11.5 Å². The van der Waals surface area contributed by atoms with E-state index in [1.165, 1.54) is 0 Å². The van der Waals surface area contributed by atoms with Gasteiger partial charge in [0.15, 0.2) is 0 Å². The van der Waals surface area contributed by atoms with Crippen LogP contribution < -0.4 is 26.2 Å². The van der Waals surface area contributed by atoms with Gasteiger partial charge in [-0.3, -0.25) is 25.4 Å². The van der Waals surface area contributed by atoms with Crippen LogP contribution in [-0.2, 0) is 4.79 Å². The molecule has 4 N–H and O–H groups in total. The molecule has 8 nitrogen and oxygen atoms in total. The first-order chi connectivity index (χ1) is 12.2. The summed E-state index contributed by atoms with van der Waals surface area (Å²) in [6, 6.07) is 10.3. The fourth-order valence-electron chi connectivity index (χ4n) is 2.32. The summed E-state index contributed by atoms with van der Waals surface area (Å²) in [5.41, 5.74) is 6.30. The van der Waals surface area contributed by atoms with Crippen LogP contribution in [0, 0.1) is 0 Å². The third-order valence-corrected chi connectivity index (χ3v) is 3.58.